The maximum Gasteiger partial charge on any atom is 0.165 e. The lowest BCUT2D eigenvalue weighted by molar-refractivity contribution is 0.283. The van der Waals surface area contributed by atoms with E-state index in [4.69, 9.17) is 16.3 Å². The third-order valence-corrected chi connectivity index (χ3v) is 2.16. The molecule has 0 unspecified atom stereocenters. The molecule has 0 saturated heterocycles. The Kier molecular flexibility index (Phi) is 3.49. The highest BCUT2D eigenvalue weighted by molar-refractivity contribution is 6.29. The Bertz CT molecular complexity index is 519. The van der Waals surface area contributed by atoms with Crippen molar-refractivity contribution in [3.63, 3.8) is 0 Å². The van der Waals surface area contributed by atoms with Gasteiger partial charge in [0.15, 0.2) is 16.7 Å². The molecule has 6 heteroatoms. The molecule has 0 radical (unpaired) electrons. The summed E-state index contributed by atoms with van der Waals surface area (Å²) in [5.74, 6) is -1.36. The van der Waals surface area contributed by atoms with Crippen LogP contribution in [0.4, 0.5) is 8.78 Å². The maximum atomic E-state index is 13.2. The molecule has 3 nitrogen and oxygen atoms in total. The first-order chi connectivity index (χ1) is 8.15. The summed E-state index contributed by atoms with van der Waals surface area (Å²) in [4.78, 5) is 0. The molecule has 0 fully saturated rings. The van der Waals surface area contributed by atoms with Crippen LogP contribution >= 0.6 is 11.6 Å². The first-order valence-electron chi connectivity index (χ1n) is 4.71. The van der Waals surface area contributed by atoms with Gasteiger partial charge in [-0.1, -0.05) is 11.6 Å². The highest BCUT2D eigenvalue weighted by atomic mass is 35.5. The Hall–Kier alpha value is -1.75. The lowest BCUT2D eigenvalue weighted by Crippen LogP contribution is -2.01. The Morgan fingerprint density at radius 1 is 1.12 bits per heavy atom. The first-order valence-corrected chi connectivity index (χ1v) is 5.09. The minimum atomic E-state index is -0.631. The van der Waals surface area contributed by atoms with Gasteiger partial charge in [-0.3, -0.25) is 0 Å². The molecule has 88 valence electrons. The number of halogens is 3. The highest BCUT2D eigenvalue weighted by Gasteiger charge is 2.05. The van der Waals surface area contributed by atoms with Crippen LogP contribution in [0.2, 0.25) is 5.15 Å². The Balaban J connectivity index is 2.07. The SMILES string of the molecule is Fc1ccc(F)c(OCc2ccc(Cl)nn2)c1. The molecule has 1 heterocycles. The van der Waals surface area contributed by atoms with Crippen molar-refractivity contribution in [2.75, 3.05) is 0 Å². The summed E-state index contributed by atoms with van der Waals surface area (Å²) < 4.78 is 31.1. The summed E-state index contributed by atoms with van der Waals surface area (Å²) in [6.45, 7) is -0.00938. The summed E-state index contributed by atoms with van der Waals surface area (Å²) in [5.41, 5.74) is 0.470. The predicted molar refractivity (Wildman–Crippen MR) is 57.7 cm³/mol. The number of hydrogen-bond donors (Lipinski definition) is 0. The van der Waals surface area contributed by atoms with Crippen molar-refractivity contribution in [3.05, 3.63) is 52.8 Å². The predicted octanol–water partition coefficient (Wildman–Crippen LogP) is 2.99. The number of hydrogen-bond acceptors (Lipinski definition) is 3. The van der Waals surface area contributed by atoms with Crippen LogP contribution in [0.5, 0.6) is 5.75 Å². The molecule has 1 aromatic heterocycles. The minimum Gasteiger partial charge on any atom is -0.484 e. The van der Waals surface area contributed by atoms with E-state index >= 15 is 0 Å². The smallest absolute Gasteiger partial charge is 0.165 e. The van der Waals surface area contributed by atoms with Gasteiger partial charge in [-0.05, 0) is 24.3 Å². The van der Waals surface area contributed by atoms with E-state index in [0.29, 0.717) is 5.69 Å². The molecule has 0 spiro atoms. The van der Waals surface area contributed by atoms with Crippen molar-refractivity contribution in [1.29, 1.82) is 0 Å². The van der Waals surface area contributed by atoms with Crippen molar-refractivity contribution < 1.29 is 13.5 Å². The molecule has 0 N–H and O–H groups in total. The van der Waals surface area contributed by atoms with Crippen LogP contribution in [0.1, 0.15) is 5.69 Å². The van der Waals surface area contributed by atoms with Crippen molar-refractivity contribution >= 4 is 11.6 Å². The van der Waals surface area contributed by atoms with Crippen LogP contribution in [0.15, 0.2) is 30.3 Å². The standard InChI is InChI=1S/C11H7ClF2N2O/c12-11-4-2-8(15-16-11)6-17-10-5-7(13)1-3-9(10)14/h1-5H,6H2. The molecule has 0 saturated carbocycles. The second kappa shape index (κ2) is 5.05. The Morgan fingerprint density at radius 2 is 1.94 bits per heavy atom. The number of ether oxygens (including phenoxy) is 1. The number of nitrogens with zero attached hydrogens (tertiary/aromatic N) is 2. The summed E-state index contributed by atoms with van der Waals surface area (Å²) in [5, 5.41) is 7.58. The fourth-order valence-corrected chi connectivity index (χ4v) is 1.26. The lowest BCUT2D eigenvalue weighted by Gasteiger charge is -2.06. The maximum absolute atomic E-state index is 13.2. The molecule has 0 atom stereocenters. The van der Waals surface area contributed by atoms with E-state index in [9.17, 15) is 8.78 Å². The molecular formula is C11H7ClF2N2O. The van der Waals surface area contributed by atoms with E-state index in [1.54, 1.807) is 6.07 Å². The fraction of sp³-hybridized carbons (Fsp3) is 0.0909. The van der Waals surface area contributed by atoms with Gasteiger partial charge in [0, 0.05) is 6.07 Å². The van der Waals surface area contributed by atoms with E-state index in [1.165, 1.54) is 6.07 Å². The van der Waals surface area contributed by atoms with Crippen LogP contribution in [0.3, 0.4) is 0 Å². The quantitative estimate of drug-likeness (QED) is 0.847. The normalized spacial score (nSPS) is 10.3. The van der Waals surface area contributed by atoms with Gasteiger partial charge in [-0.2, -0.15) is 5.10 Å². The zero-order valence-corrected chi connectivity index (χ0v) is 9.29. The topological polar surface area (TPSA) is 35.0 Å². The highest BCUT2D eigenvalue weighted by Crippen LogP contribution is 2.19. The monoisotopic (exact) mass is 256 g/mol. The van der Waals surface area contributed by atoms with E-state index in [1.807, 2.05) is 0 Å². The molecule has 1 aromatic carbocycles. The van der Waals surface area contributed by atoms with E-state index in [2.05, 4.69) is 10.2 Å². The molecule has 0 bridgehead atoms. The lowest BCUT2D eigenvalue weighted by atomic mass is 10.3. The minimum absolute atomic E-state index is 0.00938. The Morgan fingerprint density at radius 3 is 2.65 bits per heavy atom. The molecule has 0 aliphatic heterocycles. The van der Waals surface area contributed by atoms with Gasteiger partial charge < -0.3 is 4.74 Å². The largest absolute Gasteiger partial charge is 0.484 e. The number of benzene rings is 1. The van der Waals surface area contributed by atoms with Gasteiger partial charge in [-0.15, -0.1) is 5.10 Å². The van der Waals surface area contributed by atoms with Gasteiger partial charge in [0.05, 0.1) is 0 Å². The molecule has 17 heavy (non-hydrogen) atoms. The zero-order valence-electron chi connectivity index (χ0n) is 8.53. The van der Waals surface area contributed by atoms with Crippen molar-refractivity contribution in [3.8, 4) is 5.75 Å². The molecular weight excluding hydrogens is 250 g/mol. The first kappa shape index (κ1) is 11.7. The van der Waals surface area contributed by atoms with Gasteiger partial charge in [-0.25, -0.2) is 8.78 Å². The van der Waals surface area contributed by atoms with Crippen molar-refractivity contribution in [2.45, 2.75) is 6.61 Å². The molecule has 0 aliphatic carbocycles. The van der Waals surface area contributed by atoms with Gasteiger partial charge in [0.1, 0.15) is 18.1 Å². The molecule has 2 rings (SSSR count). The number of rotatable bonds is 3. The van der Waals surface area contributed by atoms with Gasteiger partial charge >= 0.3 is 0 Å². The zero-order chi connectivity index (χ0) is 12.3. The van der Waals surface area contributed by atoms with Gasteiger partial charge in [0.2, 0.25) is 0 Å². The van der Waals surface area contributed by atoms with Crippen LogP contribution in [-0.2, 0) is 6.61 Å². The second-order valence-corrected chi connectivity index (χ2v) is 3.60. The summed E-state index contributed by atoms with van der Waals surface area (Å²) >= 11 is 5.55. The molecule has 0 aliphatic rings. The second-order valence-electron chi connectivity index (χ2n) is 3.21. The van der Waals surface area contributed by atoms with Crippen LogP contribution in [0.25, 0.3) is 0 Å². The molecule has 0 amide bonds. The average Bonchev–Trinajstić information content (AvgIpc) is 2.32. The van der Waals surface area contributed by atoms with Crippen molar-refractivity contribution in [1.82, 2.24) is 10.2 Å². The van der Waals surface area contributed by atoms with Crippen LogP contribution < -0.4 is 4.74 Å². The summed E-state index contributed by atoms with van der Waals surface area (Å²) in [6.07, 6.45) is 0. The van der Waals surface area contributed by atoms with Crippen LogP contribution in [0, 0.1) is 11.6 Å². The Labute approximate surface area is 101 Å². The fourth-order valence-electron chi connectivity index (χ4n) is 1.16. The number of aromatic nitrogens is 2. The van der Waals surface area contributed by atoms with Crippen molar-refractivity contribution in [2.24, 2.45) is 0 Å². The van der Waals surface area contributed by atoms with E-state index in [-0.39, 0.29) is 17.5 Å². The summed E-state index contributed by atoms with van der Waals surface area (Å²) in [6, 6.07) is 6.11. The third kappa shape index (κ3) is 3.10. The third-order valence-electron chi connectivity index (χ3n) is 1.96. The summed E-state index contributed by atoms with van der Waals surface area (Å²) in [7, 11) is 0. The average molecular weight is 257 g/mol. The molecule has 2 aromatic rings. The van der Waals surface area contributed by atoms with Crippen LogP contribution in [-0.4, -0.2) is 10.2 Å². The van der Waals surface area contributed by atoms with E-state index < -0.39 is 11.6 Å². The van der Waals surface area contributed by atoms with Gasteiger partial charge in [0.25, 0.3) is 0 Å². The van der Waals surface area contributed by atoms with E-state index in [0.717, 1.165) is 18.2 Å².